The molecule has 4 rings (SSSR count). The highest BCUT2D eigenvalue weighted by atomic mass is 35.5. The molecule has 0 spiro atoms. The Hall–Kier alpha value is -1.95. The highest BCUT2D eigenvalue weighted by Gasteiger charge is 2.32. The van der Waals surface area contributed by atoms with Gasteiger partial charge in [-0.05, 0) is 49.6 Å². The van der Waals surface area contributed by atoms with E-state index in [1.54, 1.807) is 11.3 Å². The molecule has 1 unspecified atom stereocenters. The first-order chi connectivity index (χ1) is 13.1. The number of anilines is 1. The van der Waals surface area contributed by atoms with Crippen LogP contribution in [0.2, 0.25) is 5.02 Å². The average Bonchev–Trinajstić information content (AvgIpc) is 3.09. The number of quaternary nitrogens is 1. The Labute approximate surface area is 168 Å². The molecule has 1 fully saturated rings. The maximum atomic E-state index is 12.7. The zero-order valence-corrected chi connectivity index (χ0v) is 16.9. The van der Waals surface area contributed by atoms with Crippen LogP contribution in [-0.4, -0.2) is 24.0 Å². The van der Waals surface area contributed by atoms with E-state index in [-0.39, 0.29) is 5.91 Å². The van der Waals surface area contributed by atoms with Crippen molar-refractivity contribution in [3.63, 3.8) is 0 Å². The summed E-state index contributed by atoms with van der Waals surface area (Å²) in [4.78, 5) is 18.9. The quantitative estimate of drug-likeness (QED) is 0.695. The first-order valence-electron chi connectivity index (χ1n) is 9.36. The van der Waals surface area contributed by atoms with Gasteiger partial charge in [-0.1, -0.05) is 29.8 Å². The summed E-state index contributed by atoms with van der Waals surface area (Å²) in [5.41, 5.74) is 2.87. The predicted molar refractivity (Wildman–Crippen MR) is 112 cm³/mol. The molecule has 0 radical (unpaired) electrons. The van der Waals surface area contributed by atoms with Gasteiger partial charge in [-0.15, -0.1) is 11.3 Å². The second-order valence-electron chi connectivity index (χ2n) is 7.16. The average molecular weight is 401 g/mol. The number of nitrogens with zero attached hydrogens (tertiary/aromatic N) is 1. The normalized spacial score (nSPS) is 19.9. The van der Waals surface area contributed by atoms with Crippen molar-refractivity contribution < 1.29 is 9.69 Å². The number of hydrogen-bond acceptors (Lipinski definition) is 3. The molecular formula is C21H23ClN3OS+. The number of benzene rings is 2. The summed E-state index contributed by atoms with van der Waals surface area (Å²) in [5.74, 6) is 0.0309. The van der Waals surface area contributed by atoms with Gasteiger partial charge in [-0.3, -0.25) is 4.79 Å². The Kier molecular flexibility index (Phi) is 5.43. The van der Waals surface area contributed by atoms with Gasteiger partial charge in [0.15, 0.2) is 11.6 Å². The van der Waals surface area contributed by atoms with E-state index in [0.29, 0.717) is 17.6 Å². The lowest BCUT2D eigenvalue weighted by molar-refractivity contribution is -0.929. The molecule has 1 aliphatic heterocycles. The smallest absolute Gasteiger partial charge is 0.279 e. The number of aromatic nitrogens is 1. The van der Waals surface area contributed by atoms with Crippen LogP contribution < -0.4 is 10.2 Å². The third kappa shape index (κ3) is 4.15. The van der Waals surface area contributed by atoms with Crippen LogP contribution in [0.3, 0.4) is 0 Å². The minimum atomic E-state index is 0.0309. The third-order valence-corrected chi connectivity index (χ3v) is 6.59. The molecule has 27 heavy (non-hydrogen) atoms. The fourth-order valence-corrected chi connectivity index (χ4v) is 5.09. The summed E-state index contributed by atoms with van der Waals surface area (Å²) < 4.78 is 1.22. The van der Waals surface area contributed by atoms with Crippen LogP contribution in [0, 0.1) is 6.92 Å². The van der Waals surface area contributed by atoms with Gasteiger partial charge in [0.05, 0.1) is 16.8 Å². The monoisotopic (exact) mass is 400 g/mol. The van der Waals surface area contributed by atoms with Crippen molar-refractivity contribution >= 4 is 44.7 Å². The van der Waals surface area contributed by atoms with E-state index in [0.717, 1.165) is 41.2 Å². The zero-order chi connectivity index (χ0) is 18.8. The molecule has 6 heteroatoms. The van der Waals surface area contributed by atoms with E-state index in [2.05, 4.69) is 23.5 Å². The molecule has 3 aromatic rings. The number of likely N-dealkylation sites (tertiary alicyclic amines) is 1. The van der Waals surface area contributed by atoms with Crippen LogP contribution >= 0.6 is 22.9 Å². The van der Waals surface area contributed by atoms with Gasteiger partial charge in [-0.25, -0.2) is 4.98 Å². The number of nitrogens with one attached hydrogen (secondary N) is 2. The second kappa shape index (κ2) is 7.97. The minimum Gasteiger partial charge on any atom is -0.321 e. The van der Waals surface area contributed by atoms with Gasteiger partial charge in [0.25, 0.3) is 5.91 Å². The van der Waals surface area contributed by atoms with Crippen molar-refractivity contribution in [3.8, 4) is 0 Å². The van der Waals surface area contributed by atoms with E-state index in [9.17, 15) is 4.79 Å². The van der Waals surface area contributed by atoms with E-state index in [1.165, 1.54) is 16.0 Å². The van der Waals surface area contributed by atoms with Crippen molar-refractivity contribution in [2.75, 3.05) is 18.4 Å². The Bertz CT molecular complexity index is 938. The summed E-state index contributed by atoms with van der Waals surface area (Å²) in [5, 5.41) is 4.82. The Morgan fingerprint density at radius 3 is 3.00 bits per heavy atom. The van der Waals surface area contributed by atoms with Crippen LogP contribution in [0.5, 0.6) is 0 Å². The number of carbonyl (C=O) groups excluding carboxylic acids is 1. The first kappa shape index (κ1) is 18.4. The van der Waals surface area contributed by atoms with Gasteiger partial charge in [0, 0.05) is 17.1 Å². The van der Waals surface area contributed by atoms with Crippen LogP contribution in [-0.2, 0) is 4.79 Å². The topological polar surface area (TPSA) is 46.4 Å². The van der Waals surface area contributed by atoms with Gasteiger partial charge in [0.2, 0.25) is 0 Å². The maximum Gasteiger partial charge on any atom is 0.279 e. The SMILES string of the molecule is Cc1ccc(Cl)cc1NC(=O)C[NH+]1CCCC[C@@H]1c1nc2ccccc2s1. The molecule has 2 aromatic carbocycles. The van der Waals surface area contributed by atoms with Crippen LogP contribution in [0.4, 0.5) is 5.69 Å². The van der Waals surface area contributed by atoms with E-state index in [1.807, 2.05) is 31.2 Å². The molecule has 1 aliphatic rings. The lowest BCUT2D eigenvalue weighted by atomic mass is 10.0. The van der Waals surface area contributed by atoms with Crippen molar-refractivity contribution in [2.45, 2.75) is 32.2 Å². The van der Waals surface area contributed by atoms with Gasteiger partial charge in [-0.2, -0.15) is 0 Å². The number of fused-ring (bicyclic) bond motifs is 1. The number of amides is 1. The van der Waals surface area contributed by atoms with Crippen LogP contribution in [0.15, 0.2) is 42.5 Å². The van der Waals surface area contributed by atoms with E-state index >= 15 is 0 Å². The van der Waals surface area contributed by atoms with Crippen molar-refractivity contribution in [1.29, 1.82) is 0 Å². The summed E-state index contributed by atoms with van der Waals surface area (Å²) in [6, 6.07) is 14.1. The van der Waals surface area contributed by atoms with Crippen LogP contribution in [0.25, 0.3) is 10.2 Å². The fraction of sp³-hybridized carbons (Fsp3) is 0.333. The van der Waals surface area contributed by atoms with Crippen molar-refractivity contribution in [2.24, 2.45) is 0 Å². The maximum absolute atomic E-state index is 12.7. The molecule has 0 aliphatic carbocycles. The predicted octanol–water partition coefficient (Wildman–Crippen LogP) is 4.01. The molecule has 0 saturated carbocycles. The summed E-state index contributed by atoms with van der Waals surface area (Å²) in [6.45, 7) is 3.43. The highest BCUT2D eigenvalue weighted by Crippen LogP contribution is 2.28. The minimum absolute atomic E-state index is 0.0309. The number of hydrogen-bond donors (Lipinski definition) is 2. The molecule has 2 atom stereocenters. The molecule has 2 heterocycles. The molecular weight excluding hydrogens is 378 g/mol. The Morgan fingerprint density at radius 2 is 2.15 bits per heavy atom. The number of piperidine rings is 1. The summed E-state index contributed by atoms with van der Waals surface area (Å²) in [7, 11) is 0. The number of carbonyl (C=O) groups is 1. The molecule has 140 valence electrons. The van der Waals surface area contributed by atoms with Gasteiger partial charge in [0.1, 0.15) is 6.04 Å². The lowest BCUT2D eigenvalue weighted by Crippen LogP contribution is -3.14. The number of thiazole rings is 1. The summed E-state index contributed by atoms with van der Waals surface area (Å²) in [6.07, 6.45) is 3.43. The number of aryl methyl sites for hydroxylation is 1. The molecule has 1 saturated heterocycles. The summed E-state index contributed by atoms with van der Waals surface area (Å²) >= 11 is 7.83. The molecule has 1 aromatic heterocycles. The number of halogens is 1. The highest BCUT2D eigenvalue weighted by molar-refractivity contribution is 7.18. The lowest BCUT2D eigenvalue weighted by Gasteiger charge is -2.30. The van der Waals surface area contributed by atoms with E-state index in [4.69, 9.17) is 16.6 Å². The Balaban J connectivity index is 1.50. The van der Waals surface area contributed by atoms with Crippen molar-refractivity contribution in [3.05, 3.63) is 58.1 Å². The molecule has 2 N–H and O–H groups in total. The van der Waals surface area contributed by atoms with Crippen molar-refractivity contribution in [1.82, 2.24) is 4.98 Å². The van der Waals surface area contributed by atoms with Gasteiger partial charge >= 0.3 is 0 Å². The molecule has 0 bridgehead atoms. The van der Waals surface area contributed by atoms with Gasteiger partial charge < -0.3 is 10.2 Å². The largest absolute Gasteiger partial charge is 0.321 e. The fourth-order valence-electron chi connectivity index (χ4n) is 3.76. The zero-order valence-electron chi connectivity index (χ0n) is 15.3. The number of rotatable bonds is 4. The number of para-hydroxylation sites is 1. The van der Waals surface area contributed by atoms with Crippen LogP contribution in [0.1, 0.15) is 35.9 Å². The first-order valence-corrected chi connectivity index (χ1v) is 10.6. The third-order valence-electron chi connectivity index (χ3n) is 5.20. The molecule has 1 amide bonds. The standard InChI is InChI=1S/C21H22ClN3OS/c1-14-9-10-15(22)12-17(14)23-20(26)13-25-11-5-4-7-18(25)21-24-16-6-2-3-8-19(16)27-21/h2-3,6,8-10,12,18H,4-5,7,11,13H2,1H3,(H,23,26)/p+1/t18-/m1/s1. The second-order valence-corrected chi connectivity index (χ2v) is 8.66. The van der Waals surface area contributed by atoms with E-state index < -0.39 is 0 Å². The Morgan fingerprint density at radius 1 is 1.30 bits per heavy atom. The molecule has 4 nitrogen and oxygen atoms in total.